The SMILES string of the molecule is Cc1ccc2c(c1)C(=O)N(CCCC(=O)NC(C)c1nc3ccccc3[nH]1)C2=O. The summed E-state index contributed by atoms with van der Waals surface area (Å²) in [4.78, 5) is 46.1. The van der Waals surface area contributed by atoms with Gasteiger partial charge in [0.2, 0.25) is 5.91 Å². The molecule has 1 atom stereocenters. The number of aromatic amines is 1. The fourth-order valence-electron chi connectivity index (χ4n) is 3.56. The van der Waals surface area contributed by atoms with Crippen LogP contribution in [0.15, 0.2) is 42.5 Å². The molecule has 3 amide bonds. The highest BCUT2D eigenvalue weighted by atomic mass is 16.2. The van der Waals surface area contributed by atoms with Crippen molar-refractivity contribution in [2.75, 3.05) is 6.54 Å². The summed E-state index contributed by atoms with van der Waals surface area (Å²) in [5.41, 5.74) is 3.58. The highest BCUT2D eigenvalue weighted by Gasteiger charge is 2.35. The van der Waals surface area contributed by atoms with Gasteiger partial charge >= 0.3 is 0 Å². The molecule has 2 heterocycles. The summed E-state index contributed by atoms with van der Waals surface area (Å²) >= 11 is 0. The molecule has 7 nitrogen and oxygen atoms in total. The minimum Gasteiger partial charge on any atom is -0.346 e. The molecule has 0 bridgehead atoms. The lowest BCUT2D eigenvalue weighted by Gasteiger charge is -2.15. The molecule has 2 aromatic carbocycles. The molecule has 29 heavy (non-hydrogen) atoms. The van der Waals surface area contributed by atoms with E-state index in [1.807, 2.05) is 44.2 Å². The highest BCUT2D eigenvalue weighted by molar-refractivity contribution is 6.21. The van der Waals surface area contributed by atoms with Crippen LogP contribution < -0.4 is 5.32 Å². The van der Waals surface area contributed by atoms with Crippen LogP contribution >= 0.6 is 0 Å². The number of carbonyl (C=O) groups is 3. The van der Waals surface area contributed by atoms with Crippen molar-refractivity contribution >= 4 is 28.8 Å². The summed E-state index contributed by atoms with van der Waals surface area (Å²) in [6.45, 7) is 3.97. The molecule has 0 fully saturated rings. The van der Waals surface area contributed by atoms with Gasteiger partial charge in [0, 0.05) is 13.0 Å². The van der Waals surface area contributed by atoms with Gasteiger partial charge in [-0.15, -0.1) is 0 Å². The predicted octanol–water partition coefficient (Wildman–Crippen LogP) is 3.12. The predicted molar refractivity (Wildman–Crippen MR) is 108 cm³/mol. The smallest absolute Gasteiger partial charge is 0.261 e. The van der Waals surface area contributed by atoms with E-state index in [4.69, 9.17) is 0 Å². The molecule has 0 radical (unpaired) electrons. The number of amides is 3. The first-order valence-corrected chi connectivity index (χ1v) is 9.65. The maximum Gasteiger partial charge on any atom is 0.261 e. The summed E-state index contributed by atoms with van der Waals surface area (Å²) in [7, 11) is 0. The van der Waals surface area contributed by atoms with E-state index in [2.05, 4.69) is 15.3 Å². The molecule has 1 aliphatic heterocycles. The lowest BCUT2D eigenvalue weighted by molar-refractivity contribution is -0.121. The van der Waals surface area contributed by atoms with Crippen molar-refractivity contribution in [1.29, 1.82) is 0 Å². The number of imide groups is 1. The maximum absolute atomic E-state index is 12.5. The van der Waals surface area contributed by atoms with Crippen molar-refractivity contribution in [3.8, 4) is 0 Å². The number of nitrogens with zero attached hydrogens (tertiary/aromatic N) is 2. The Bertz CT molecular complexity index is 1090. The molecule has 0 saturated heterocycles. The Morgan fingerprint density at radius 1 is 1.14 bits per heavy atom. The van der Waals surface area contributed by atoms with Gasteiger partial charge in [-0.1, -0.05) is 23.8 Å². The van der Waals surface area contributed by atoms with Crippen molar-refractivity contribution in [2.45, 2.75) is 32.7 Å². The number of benzene rings is 2. The number of hydrogen-bond acceptors (Lipinski definition) is 4. The number of nitrogens with one attached hydrogen (secondary N) is 2. The molecule has 1 aliphatic rings. The van der Waals surface area contributed by atoms with Crippen LogP contribution in [0.3, 0.4) is 0 Å². The third-order valence-electron chi connectivity index (χ3n) is 5.11. The molecular weight excluding hydrogens is 368 g/mol. The average Bonchev–Trinajstić information content (AvgIpc) is 3.23. The van der Waals surface area contributed by atoms with Crippen molar-refractivity contribution in [3.63, 3.8) is 0 Å². The van der Waals surface area contributed by atoms with Crippen LogP contribution in [0.4, 0.5) is 0 Å². The molecule has 0 aliphatic carbocycles. The van der Waals surface area contributed by atoms with E-state index in [9.17, 15) is 14.4 Å². The number of rotatable bonds is 6. The number of hydrogen-bond donors (Lipinski definition) is 2. The van der Waals surface area contributed by atoms with Crippen LogP contribution in [0.25, 0.3) is 11.0 Å². The molecule has 4 rings (SSSR count). The van der Waals surface area contributed by atoms with Crippen LogP contribution in [0, 0.1) is 6.92 Å². The number of fused-ring (bicyclic) bond motifs is 2. The van der Waals surface area contributed by atoms with E-state index >= 15 is 0 Å². The Balaban J connectivity index is 1.31. The van der Waals surface area contributed by atoms with E-state index in [1.165, 1.54) is 4.90 Å². The second-order valence-electron chi connectivity index (χ2n) is 7.34. The van der Waals surface area contributed by atoms with Gasteiger partial charge in [-0.25, -0.2) is 4.98 Å². The zero-order valence-corrected chi connectivity index (χ0v) is 16.4. The molecule has 0 spiro atoms. The van der Waals surface area contributed by atoms with Crippen LogP contribution in [-0.4, -0.2) is 39.1 Å². The van der Waals surface area contributed by atoms with E-state index in [-0.39, 0.29) is 36.7 Å². The molecule has 1 unspecified atom stereocenters. The average molecular weight is 390 g/mol. The second kappa shape index (κ2) is 7.50. The molecule has 0 saturated carbocycles. The fraction of sp³-hybridized carbons (Fsp3) is 0.273. The van der Waals surface area contributed by atoms with E-state index in [1.54, 1.807) is 12.1 Å². The Hall–Kier alpha value is -3.48. The van der Waals surface area contributed by atoms with Gasteiger partial charge in [-0.2, -0.15) is 0 Å². The zero-order chi connectivity index (χ0) is 20.5. The number of carbonyl (C=O) groups excluding carboxylic acids is 3. The van der Waals surface area contributed by atoms with Gasteiger partial charge in [-0.3, -0.25) is 19.3 Å². The third-order valence-corrected chi connectivity index (χ3v) is 5.11. The summed E-state index contributed by atoms with van der Waals surface area (Å²) in [5.74, 6) is -0.0357. The van der Waals surface area contributed by atoms with Gasteiger partial charge in [0.1, 0.15) is 5.82 Å². The topological polar surface area (TPSA) is 95.2 Å². The lowest BCUT2D eigenvalue weighted by atomic mass is 10.1. The molecule has 148 valence electrons. The molecule has 3 aromatic rings. The van der Waals surface area contributed by atoms with Crippen molar-refractivity contribution in [3.05, 3.63) is 65.0 Å². The van der Waals surface area contributed by atoms with E-state index in [0.717, 1.165) is 16.6 Å². The largest absolute Gasteiger partial charge is 0.346 e. The summed E-state index contributed by atoms with van der Waals surface area (Å²) < 4.78 is 0. The van der Waals surface area contributed by atoms with Crippen molar-refractivity contribution in [2.24, 2.45) is 0 Å². The first-order chi connectivity index (χ1) is 13.9. The second-order valence-corrected chi connectivity index (χ2v) is 7.34. The number of imidazole rings is 1. The van der Waals surface area contributed by atoms with Crippen molar-refractivity contribution in [1.82, 2.24) is 20.2 Å². The van der Waals surface area contributed by atoms with Gasteiger partial charge in [0.25, 0.3) is 11.8 Å². The van der Waals surface area contributed by atoms with Gasteiger partial charge in [0.15, 0.2) is 0 Å². The Kier molecular flexibility index (Phi) is 4.88. The third kappa shape index (κ3) is 3.63. The number of aryl methyl sites for hydroxylation is 1. The minimum atomic E-state index is -0.291. The molecule has 2 N–H and O–H groups in total. The van der Waals surface area contributed by atoms with Crippen molar-refractivity contribution < 1.29 is 14.4 Å². The van der Waals surface area contributed by atoms with Gasteiger partial charge in [-0.05, 0) is 44.5 Å². The Labute approximate surface area is 168 Å². The molecular formula is C22H22N4O3. The van der Waals surface area contributed by atoms with Crippen LogP contribution in [0.5, 0.6) is 0 Å². The number of aromatic nitrogens is 2. The Morgan fingerprint density at radius 3 is 2.69 bits per heavy atom. The van der Waals surface area contributed by atoms with E-state index in [0.29, 0.717) is 23.4 Å². The first-order valence-electron chi connectivity index (χ1n) is 9.65. The van der Waals surface area contributed by atoms with Crippen LogP contribution in [0.1, 0.15) is 57.9 Å². The summed E-state index contributed by atoms with van der Waals surface area (Å²) in [6.07, 6.45) is 0.625. The zero-order valence-electron chi connectivity index (χ0n) is 16.4. The standard InChI is InChI=1S/C22H22N4O3/c1-13-9-10-15-16(12-13)22(29)26(21(15)28)11-5-8-19(27)23-14(2)20-24-17-6-3-4-7-18(17)25-20/h3-4,6-7,9-10,12,14H,5,8,11H2,1-2H3,(H,23,27)(H,24,25). The molecule has 7 heteroatoms. The van der Waals surface area contributed by atoms with Crippen LogP contribution in [-0.2, 0) is 4.79 Å². The number of H-pyrrole nitrogens is 1. The summed E-state index contributed by atoms with van der Waals surface area (Å²) in [6, 6.07) is 12.7. The number of para-hydroxylation sites is 2. The van der Waals surface area contributed by atoms with E-state index < -0.39 is 0 Å². The minimum absolute atomic E-state index is 0.148. The Morgan fingerprint density at radius 2 is 1.90 bits per heavy atom. The highest BCUT2D eigenvalue weighted by Crippen LogP contribution is 2.24. The molecule has 1 aromatic heterocycles. The fourth-order valence-corrected chi connectivity index (χ4v) is 3.56. The normalized spacial score (nSPS) is 14.3. The van der Waals surface area contributed by atoms with Gasteiger partial charge < -0.3 is 10.3 Å². The quantitative estimate of drug-likeness (QED) is 0.632. The summed E-state index contributed by atoms with van der Waals surface area (Å²) in [5, 5.41) is 2.91. The lowest BCUT2D eigenvalue weighted by Crippen LogP contribution is -2.32. The van der Waals surface area contributed by atoms with Gasteiger partial charge in [0.05, 0.1) is 28.2 Å². The maximum atomic E-state index is 12.5. The van der Waals surface area contributed by atoms with Crippen LogP contribution in [0.2, 0.25) is 0 Å². The first kappa shape index (κ1) is 18.9. The monoisotopic (exact) mass is 390 g/mol.